The van der Waals surface area contributed by atoms with Crippen LogP contribution in [0.3, 0.4) is 0 Å². The summed E-state index contributed by atoms with van der Waals surface area (Å²) in [6.07, 6.45) is 6.32. The smallest absolute Gasteiger partial charge is 0.226 e. The number of carbonyl (C=O) groups is 1. The highest BCUT2D eigenvalue weighted by Gasteiger charge is 2.35. The van der Waals surface area contributed by atoms with Gasteiger partial charge < -0.3 is 9.64 Å². The van der Waals surface area contributed by atoms with Crippen molar-refractivity contribution in [2.75, 3.05) is 26.8 Å². The number of hydrogen-bond donors (Lipinski definition) is 0. The molecule has 0 saturated carbocycles. The van der Waals surface area contributed by atoms with Crippen LogP contribution in [0.1, 0.15) is 32.6 Å². The first-order valence-corrected chi connectivity index (χ1v) is 6.09. The second-order valence-electron chi connectivity index (χ2n) is 5.48. The van der Waals surface area contributed by atoms with Gasteiger partial charge in [0.2, 0.25) is 5.91 Å². The highest BCUT2D eigenvalue weighted by Crippen LogP contribution is 2.28. The van der Waals surface area contributed by atoms with Gasteiger partial charge in [-0.2, -0.15) is 0 Å². The second-order valence-corrected chi connectivity index (χ2v) is 5.48. The van der Waals surface area contributed by atoms with Crippen molar-refractivity contribution in [1.82, 2.24) is 4.90 Å². The van der Waals surface area contributed by atoms with E-state index in [-0.39, 0.29) is 11.3 Å². The van der Waals surface area contributed by atoms with E-state index < -0.39 is 0 Å². The van der Waals surface area contributed by atoms with E-state index in [1.54, 1.807) is 0 Å². The molecular formula is C13H21NO2. The van der Waals surface area contributed by atoms with Crippen molar-refractivity contribution in [3.05, 3.63) is 11.6 Å². The maximum Gasteiger partial charge on any atom is 0.226 e. The van der Waals surface area contributed by atoms with Crippen LogP contribution in [0.15, 0.2) is 11.6 Å². The monoisotopic (exact) mass is 223 g/mol. The lowest BCUT2D eigenvalue weighted by Crippen LogP contribution is -2.49. The standard InChI is InChI=1S/C13H21NO2/c1-13(9-16-10-13)8-14(2)12(15)7-11-5-3-4-6-11/h5H,3-4,6-10H2,1-2H3. The van der Waals surface area contributed by atoms with Crippen LogP contribution < -0.4 is 0 Å². The van der Waals surface area contributed by atoms with Gasteiger partial charge in [0.1, 0.15) is 0 Å². The molecule has 2 rings (SSSR count). The van der Waals surface area contributed by atoms with Gasteiger partial charge in [0.05, 0.1) is 13.2 Å². The Morgan fingerprint density at radius 2 is 2.31 bits per heavy atom. The molecule has 1 heterocycles. The van der Waals surface area contributed by atoms with Gasteiger partial charge in [-0.15, -0.1) is 0 Å². The quantitative estimate of drug-likeness (QED) is 0.682. The molecule has 0 aromatic rings. The molecule has 3 nitrogen and oxygen atoms in total. The van der Waals surface area contributed by atoms with E-state index in [0.717, 1.165) is 32.6 Å². The molecule has 0 spiro atoms. The van der Waals surface area contributed by atoms with Crippen molar-refractivity contribution in [2.24, 2.45) is 5.41 Å². The van der Waals surface area contributed by atoms with Crippen LogP contribution in [-0.2, 0) is 9.53 Å². The lowest BCUT2D eigenvalue weighted by atomic mass is 9.88. The van der Waals surface area contributed by atoms with Crippen molar-refractivity contribution in [2.45, 2.75) is 32.6 Å². The van der Waals surface area contributed by atoms with Crippen molar-refractivity contribution in [1.29, 1.82) is 0 Å². The Hall–Kier alpha value is -0.830. The van der Waals surface area contributed by atoms with E-state index in [9.17, 15) is 4.79 Å². The molecule has 0 aromatic heterocycles. The third kappa shape index (κ3) is 2.64. The van der Waals surface area contributed by atoms with Crippen LogP contribution >= 0.6 is 0 Å². The van der Waals surface area contributed by atoms with Crippen molar-refractivity contribution in [3.8, 4) is 0 Å². The summed E-state index contributed by atoms with van der Waals surface area (Å²) in [5.74, 6) is 0.251. The molecule has 0 N–H and O–H groups in total. The zero-order chi connectivity index (χ0) is 11.6. The summed E-state index contributed by atoms with van der Waals surface area (Å²) >= 11 is 0. The average molecular weight is 223 g/mol. The molecule has 1 amide bonds. The first-order valence-electron chi connectivity index (χ1n) is 6.09. The number of rotatable bonds is 4. The Labute approximate surface area is 97.5 Å². The molecule has 3 heteroatoms. The predicted octanol–water partition coefficient (Wildman–Crippen LogP) is 1.98. The Kier molecular flexibility index (Phi) is 3.33. The molecule has 0 aromatic carbocycles. The van der Waals surface area contributed by atoms with E-state index in [1.807, 2.05) is 11.9 Å². The fourth-order valence-electron chi connectivity index (χ4n) is 2.43. The van der Waals surface area contributed by atoms with Gasteiger partial charge in [0, 0.05) is 25.4 Å². The van der Waals surface area contributed by atoms with Crippen molar-refractivity contribution < 1.29 is 9.53 Å². The molecule has 0 atom stereocenters. The maximum atomic E-state index is 12.0. The molecule has 2 aliphatic rings. The first kappa shape index (κ1) is 11.6. The minimum atomic E-state index is 0.189. The molecular weight excluding hydrogens is 202 g/mol. The molecule has 0 radical (unpaired) electrons. The minimum Gasteiger partial charge on any atom is -0.380 e. The molecule has 1 saturated heterocycles. The van der Waals surface area contributed by atoms with Crippen LogP contribution in [0.25, 0.3) is 0 Å². The SMILES string of the molecule is CN(CC1(C)COC1)C(=O)CC1=CCCC1. The number of amides is 1. The summed E-state index contributed by atoms with van der Waals surface area (Å²) in [4.78, 5) is 13.8. The molecule has 16 heavy (non-hydrogen) atoms. The van der Waals surface area contributed by atoms with E-state index >= 15 is 0 Å². The fourth-order valence-corrected chi connectivity index (χ4v) is 2.43. The van der Waals surface area contributed by atoms with Crippen LogP contribution in [0.2, 0.25) is 0 Å². The highest BCUT2D eigenvalue weighted by atomic mass is 16.5. The zero-order valence-corrected chi connectivity index (χ0v) is 10.3. The Morgan fingerprint density at radius 3 is 2.81 bits per heavy atom. The van der Waals surface area contributed by atoms with Gasteiger partial charge >= 0.3 is 0 Å². The second kappa shape index (κ2) is 4.58. The molecule has 0 unspecified atom stereocenters. The molecule has 1 aliphatic heterocycles. The number of carbonyl (C=O) groups excluding carboxylic acids is 1. The van der Waals surface area contributed by atoms with Gasteiger partial charge in [-0.05, 0) is 19.3 Å². The zero-order valence-electron chi connectivity index (χ0n) is 10.3. The van der Waals surface area contributed by atoms with Crippen molar-refractivity contribution >= 4 is 5.91 Å². The Morgan fingerprint density at radius 1 is 1.56 bits per heavy atom. The highest BCUT2D eigenvalue weighted by molar-refractivity contribution is 5.78. The minimum absolute atomic E-state index is 0.189. The summed E-state index contributed by atoms with van der Waals surface area (Å²) in [7, 11) is 1.90. The van der Waals surface area contributed by atoms with Crippen molar-refractivity contribution in [3.63, 3.8) is 0 Å². The number of allylic oxidation sites excluding steroid dienone is 1. The van der Waals surface area contributed by atoms with Crippen LogP contribution in [0, 0.1) is 5.41 Å². The summed E-state index contributed by atoms with van der Waals surface area (Å²) in [5.41, 5.74) is 1.51. The van der Waals surface area contributed by atoms with E-state index in [0.29, 0.717) is 6.42 Å². The Balaban J connectivity index is 1.79. The van der Waals surface area contributed by atoms with Gasteiger partial charge in [-0.25, -0.2) is 0 Å². The number of nitrogens with zero attached hydrogens (tertiary/aromatic N) is 1. The van der Waals surface area contributed by atoms with E-state index in [1.165, 1.54) is 12.0 Å². The predicted molar refractivity (Wildman–Crippen MR) is 63.1 cm³/mol. The van der Waals surface area contributed by atoms with Gasteiger partial charge in [0.25, 0.3) is 0 Å². The fraction of sp³-hybridized carbons (Fsp3) is 0.769. The third-order valence-electron chi connectivity index (χ3n) is 3.46. The Bertz CT molecular complexity index is 305. The average Bonchev–Trinajstić information content (AvgIpc) is 2.68. The normalized spacial score (nSPS) is 22.5. The summed E-state index contributed by atoms with van der Waals surface area (Å²) < 4.78 is 5.20. The molecule has 0 bridgehead atoms. The van der Waals surface area contributed by atoms with Crippen LogP contribution in [0.4, 0.5) is 0 Å². The molecule has 90 valence electrons. The van der Waals surface area contributed by atoms with Gasteiger partial charge in [-0.1, -0.05) is 18.6 Å². The van der Waals surface area contributed by atoms with Crippen LogP contribution in [-0.4, -0.2) is 37.6 Å². The first-order chi connectivity index (χ1) is 7.59. The summed E-state index contributed by atoms with van der Waals surface area (Å²) in [6, 6.07) is 0. The van der Waals surface area contributed by atoms with Crippen LogP contribution in [0.5, 0.6) is 0 Å². The summed E-state index contributed by atoms with van der Waals surface area (Å²) in [5, 5.41) is 0. The third-order valence-corrected chi connectivity index (χ3v) is 3.46. The van der Waals surface area contributed by atoms with E-state index in [4.69, 9.17) is 4.74 Å². The lowest BCUT2D eigenvalue weighted by molar-refractivity contribution is -0.141. The van der Waals surface area contributed by atoms with E-state index in [2.05, 4.69) is 13.0 Å². The number of hydrogen-bond acceptors (Lipinski definition) is 2. The molecule has 1 fully saturated rings. The lowest BCUT2D eigenvalue weighted by Gasteiger charge is -2.40. The summed E-state index contributed by atoms with van der Waals surface area (Å²) in [6.45, 7) is 4.56. The van der Waals surface area contributed by atoms with Gasteiger partial charge in [0.15, 0.2) is 0 Å². The molecule has 1 aliphatic carbocycles. The topological polar surface area (TPSA) is 29.5 Å². The maximum absolute atomic E-state index is 12.0. The van der Waals surface area contributed by atoms with Gasteiger partial charge in [-0.3, -0.25) is 4.79 Å². The number of ether oxygens (including phenoxy) is 1. The largest absolute Gasteiger partial charge is 0.380 e.